The monoisotopic (exact) mass is 385 g/mol. The number of amides is 1. The molecule has 1 aliphatic rings. The highest BCUT2D eigenvalue weighted by molar-refractivity contribution is 5.88. The van der Waals surface area contributed by atoms with Gasteiger partial charge >= 0.3 is 11.9 Å². The van der Waals surface area contributed by atoms with Gasteiger partial charge in [0, 0.05) is 12.8 Å². The lowest BCUT2D eigenvalue weighted by atomic mass is 10.1. The normalized spacial score (nSPS) is 17.4. The molecule has 1 saturated heterocycles. The third kappa shape index (κ3) is 11.6. The summed E-state index contributed by atoms with van der Waals surface area (Å²) in [6.45, 7) is 1.76. The zero-order chi connectivity index (χ0) is 19.9. The van der Waals surface area contributed by atoms with E-state index < -0.39 is 18.1 Å². The van der Waals surface area contributed by atoms with Gasteiger partial charge in [-0.25, -0.2) is 4.79 Å². The Morgan fingerprint density at radius 1 is 1.04 bits per heavy atom. The van der Waals surface area contributed by atoms with Crippen LogP contribution in [0.15, 0.2) is 0 Å². The molecular formula is C20H35NO6. The first-order chi connectivity index (χ1) is 13.0. The third-order valence-corrected chi connectivity index (χ3v) is 4.62. The number of nitrogens with one attached hydrogen (secondary N) is 1. The molecule has 7 nitrogen and oxygen atoms in total. The van der Waals surface area contributed by atoms with Crippen molar-refractivity contribution in [3.8, 4) is 0 Å². The van der Waals surface area contributed by atoms with Gasteiger partial charge in [-0.2, -0.15) is 0 Å². The minimum absolute atomic E-state index is 0.178. The second kappa shape index (κ2) is 14.4. The van der Waals surface area contributed by atoms with Crippen LogP contribution in [-0.2, 0) is 23.9 Å². The Kier molecular flexibility index (Phi) is 12.5. The Hall–Kier alpha value is -1.63. The van der Waals surface area contributed by atoms with Gasteiger partial charge in [-0.05, 0) is 12.8 Å². The topological polar surface area (TPSA) is 102 Å². The standard InChI is InChI=1S/C20H35NO6/c1-2-3-4-5-6-7-8-9-10-11-19(24)26-14-16(22)15-27-20(25)17-12-13-18(23)21-17/h16-17,22H,2-15H2,1H3,(H,21,23)/t16?,17-/m1/s1. The molecule has 1 aliphatic heterocycles. The van der Waals surface area contributed by atoms with Crippen molar-refractivity contribution in [3.05, 3.63) is 0 Å². The number of ether oxygens (including phenoxy) is 2. The lowest BCUT2D eigenvalue weighted by Gasteiger charge is -2.14. The number of esters is 2. The molecule has 2 N–H and O–H groups in total. The first-order valence-electron chi connectivity index (χ1n) is 10.3. The maximum Gasteiger partial charge on any atom is 0.328 e. The number of rotatable bonds is 15. The zero-order valence-electron chi connectivity index (χ0n) is 16.5. The number of unbranched alkanes of at least 4 members (excludes halogenated alkanes) is 8. The molecule has 1 amide bonds. The summed E-state index contributed by atoms with van der Waals surface area (Å²) in [5, 5.41) is 12.2. The van der Waals surface area contributed by atoms with Crippen molar-refractivity contribution >= 4 is 17.8 Å². The van der Waals surface area contributed by atoms with Gasteiger partial charge in [-0.15, -0.1) is 0 Å². The Morgan fingerprint density at radius 2 is 1.63 bits per heavy atom. The number of aliphatic hydroxyl groups excluding tert-OH is 1. The summed E-state index contributed by atoms with van der Waals surface area (Å²) < 4.78 is 9.93. The van der Waals surface area contributed by atoms with Crippen molar-refractivity contribution in [2.24, 2.45) is 0 Å². The number of carbonyl (C=O) groups is 3. The predicted octanol–water partition coefficient (Wildman–Crippen LogP) is 2.63. The van der Waals surface area contributed by atoms with Crippen LogP contribution in [0, 0.1) is 0 Å². The summed E-state index contributed by atoms with van der Waals surface area (Å²) in [4.78, 5) is 34.4. The smallest absolute Gasteiger partial charge is 0.328 e. The number of aliphatic hydroxyl groups is 1. The summed E-state index contributed by atoms with van der Waals surface area (Å²) in [7, 11) is 0. The van der Waals surface area contributed by atoms with E-state index in [2.05, 4.69) is 12.2 Å². The van der Waals surface area contributed by atoms with Crippen LogP contribution in [0.3, 0.4) is 0 Å². The molecule has 156 valence electrons. The van der Waals surface area contributed by atoms with Gasteiger partial charge in [0.05, 0.1) is 0 Å². The molecule has 0 aromatic carbocycles. The van der Waals surface area contributed by atoms with Crippen LogP contribution in [-0.4, -0.2) is 48.3 Å². The Bertz CT molecular complexity index is 454. The molecule has 0 aromatic heterocycles. The van der Waals surface area contributed by atoms with Crippen molar-refractivity contribution in [2.45, 2.75) is 96.1 Å². The maximum absolute atomic E-state index is 11.7. The fourth-order valence-corrected chi connectivity index (χ4v) is 2.96. The van der Waals surface area contributed by atoms with E-state index in [1.165, 1.54) is 38.5 Å². The minimum atomic E-state index is -1.06. The van der Waals surface area contributed by atoms with Crippen molar-refractivity contribution in [1.29, 1.82) is 0 Å². The van der Waals surface area contributed by atoms with Crippen LogP contribution in [0.5, 0.6) is 0 Å². The second-order valence-corrected chi connectivity index (χ2v) is 7.20. The quantitative estimate of drug-likeness (QED) is 0.332. The van der Waals surface area contributed by atoms with E-state index in [9.17, 15) is 19.5 Å². The van der Waals surface area contributed by atoms with Crippen molar-refractivity contribution in [2.75, 3.05) is 13.2 Å². The predicted molar refractivity (Wildman–Crippen MR) is 101 cm³/mol. The number of hydrogen-bond donors (Lipinski definition) is 2. The molecule has 0 bridgehead atoms. The minimum Gasteiger partial charge on any atom is -0.463 e. The van der Waals surface area contributed by atoms with E-state index in [0.29, 0.717) is 19.3 Å². The van der Waals surface area contributed by atoms with Crippen LogP contribution in [0.2, 0.25) is 0 Å². The third-order valence-electron chi connectivity index (χ3n) is 4.62. The van der Waals surface area contributed by atoms with Crippen LogP contribution in [0.25, 0.3) is 0 Å². The number of carbonyl (C=O) groups excluding carboxylic acids is 3. The van der Waals surface area contributed by atoms with Gasteiger partial charge in [0.1, 0.15) is 25.4 Å². The van der Waals surface area contributed by atoms with E-state index in [1.54, 1.807) is 0 Å². The average Bonchev–Trinajstić information content (AvgIpc) is 3.09. The van der Waals surface area contributed by atoms with Crippen molar-refractivity contribution in [1.82, 2.24) is 5.32 Å². The molecule has 7 heteroatoms. The van der Waals surface area contributed by atoms with Gasteiger partial charge in [-0.3, -0.25) is 9.59 Å². The fourth-order valence-electron chi connectivity index (χ4n) is 2.96. The molecule has 1 heterocycles. The number of hydrogen-bond acceptors (Lipinski definition) is 6. The Balaban J connectivity index is 1.94. The summed E-state index contributed by atoms with van der Waals surface area (Å²) in [5.74, 6) is -1.09. The average molecular weight is 386 g/mol. The fraction of sp³-hybridized carbons (Fsp3) is 0.850. The summed E-state index contributed by atoms with van der Waals surface area (Å²) in [6.07, 6.45) is 10.6. The van der Waals surface area contributed by atoms with Crippen LogP contribution < -0.4 is 5.32 Å². The van der Waals surface area contributed by atoms with E-state index >= 15 is 0 Å². The van der Waals surface area contributed by atoms with E-state index in [1.807, 2.05) is 0 Å². The highest BCUT2D eigenvalue weighted by Gasteiger charge is 2.28. The lowest BCUT2D eigenvalue weighted by molar-refractivity contribution is -0.154. The molecule has 1 unspecified atom stereocenters. The molecule has 27 heavy (non-hydrogen) atoms. The maximum atomic E-state index is 11.7. The van der Waals surface area contributed by atoms with Crippen LogP contribution in [0.1, 0.15) is 84.0 Å². The lowest BCUT2D eigenvalue weighted by Crippen LogP contribution is -2.36. The van der Waals surface area contributed by atoms with E-state index in [0.717, 1.165) is 19.3 Å². The molecular weight excluding hydrogens is 350 g/mol. The zero-order valence-corrected chi connectivity index (χ0v) is 16.5. The van der Waals surface area contributed by atoms with Crippen LogP contribution >= 0.6 is 0 Å². The second-order valence-electron chi connectivity index (χ2n) is 7.20. The first-order valence-corrected chi connectivity index (χ1v) is 10.3. The molecule has 1 fully saturated rings. The SMILES string of the molecule is CCCCCCCCCCCC(=O)OCC(O)COC(=O)[C@H]1CCC(=O)N1. The highest BCUT2D eigenvalue weighted by Crippen LogP contribution is 2.11. The molecule has 0 spiro atoms. The van der Waals surface area contributed by atoms with Crippen LogP contribution in [0.4, 0.5) is 0 Å². The van der Waals surface area contributed by atoms with Gasteiger partial charge in [0.2, 0.25) is 5.91 Å². The highest BCUT2D eigenvalue weighted by atomic mass is 16.6. The van der Waals surface area contributed by atoms with Gasteiger partial charge < -0.3 is 19.9 Å². The largest absolute Gasteiger partial charge is 0.463 e. The summed E-state index contributed by atoms with van der Waals surface area (Å²) in [6, 6.07) is -0.640. The Morgan fingerprint density at radius 3 is 2.22 bits per heavy atom. The van der Waals surface area contributed by atoms with E-state index in [4.69, 9.17) is 9.47 Å². The van der Waals surface area contributed by atoms with Gasteiger partial charge in [0.25, 0.3) is 0 Å². The van der Waals surface area contributed by atoms with Gasteiger partial charge in [0.15, 0.2) is 0 Å². The summed E-state index contributed by atoms with van der Waals surface area (Å²) >= 11 is 0. The Labute approximate surface area is 162 Å². The van der Waals surface area contributed by atoms with Crippen molar-refractivity contribution < 1.29 is 29.0 Å². The first kappa shape index (κ1) is 23.4. The molecule has 0 saturated carbocycles. The molecule has 0 radical (unpaired) electrons. The molecule has 2 atom stereocenters. The van der Waals surface area contributed by atoms with Crippen molar-refractivity contribution in [3.63, 3.8) is 0 Å². The van der Waals surface area contributed by atoms with Gasteiger partial charge in [-0.1, -0.05) is 58.3 Å². The summed E-state index contributed by atoms with van der Waals surface area (Å²) in [5.41, 5.74) is 0. The molecule has 1 rings (SSSR count). The molecule has 0 aliphatic carbocycles. The molecule has 0 aromatic rings. The van der Waals surface area contributed by atoms with E-state index in [-0.39, 0.29) is 25.1 Å².